The van der Waals surface area contributed by atoms with Crippen molar-refractivity contribution in [3.8, 4) is 5.75 Å². The first-order valence-electron chi connectivity index (χ1n) is 5.93. The van der Waals surface area contributed by atoms with Crippen molar-refractivity contribution in [3.05, 3.63) is 29.8 Å². The zero-order chi connectivity index (χ0) is 12.1. The number of aromatic hydroxyl groups is 1. The molecule has 0 saturated carbocycles. The first-order valence-corrected chi connectivity index (χ1v) is 5.93. The van der Waals surface area contributed by atoms with Crippen LogP contribution in [0.25, 0.3) is 0 Å². The highest BCUT2D eigenvalue weighted by Crippen LogP contribution is 2.16. The summed E-state index contributed by atoms with van der Waals surface area (Å²) in [7, 11) is 0. The van der Waals surface area contributed by atoms with Crippen LogP contribution < -0.4 is 5.32 Å². The molecule has 1 saturated heterocycles. The molecule has 1 aromatic rings. The normalized spacial score (nSPS) is 19.9. The smallest absolute Gasteiger partial charge is 0.249 e. The lowest BCUT2D eigenvalue weighted by Gasteiger charge is -2.21. The van der Waals surface area contributed by atoms with Gasteiger partial charge in [0.2, 0.25) is 5.91 Å². The maximum absolute atomic E-state index is 11.8. The summed E-state index contributed by atoms with van der Waals surface area (Å²) in [5, 5.41) is 12.3. The van der Waals surface area contributed by atoms with Crippen LogP contribution in [0.1, 0.15) is 24.8 Å². The predicted molar refractivity (Wildman–Crippen MR) is 63.5 cm³/mol. The van der Waals surface area contributed by atoms with Crippen molar-refractivity contribution in [2.24, 2.45) is 0 Å². The van der Waals surface area contributed by atoms with Gasteiger partial charge in [-0.1, -0.05) is 18.2 Å². The quantitative estimate of drug-likeness (QED) is 0.836. The Labute approximate surface area is 101 Å². The lowest BCUT2D eigenvalue weighted by molar-refractivity contribution is -0.135. The molecule has 0 spiro atoms. The summed E-state index contributed by atoms with van der Waals surface area (Å²) in [6, 6.07) is 6.99. The number of para-hydroxylation sites is 1. The van der Waals surface area contributed by atoms with Crippen LogP contribution in [-0.2, 0) is 16.1 Å². The number of phenolic OH excluding ortho intramolecular Hbond substituents is 1. The Morgan fingerprint density at radius 2 is 2.24 bits per heavy atom. The fraction of sp³-hybridized carbons (Fsp3) is 0.462. The van der Waals surface area contributed by atoms with Gasteiger partial charge in [-0.05, 0) is 25.3 Å². The monoisotopic (exact) mass is 235 g/mol. The molecule has 4 heteroatoms. The van der Waals surface area contributed by atoms with E-state index >= 15 is 0 Å². The Hall–Kier alpha value is -1.55. The van der Waals surface area contributed by atoms with E-state index in [1.165, 1.54) is 0 Å². The molecule has 4 nitrogen and oxygen atoms in total. The van der Waals surface area contributed by atoms with Gasteiger partial charge < -0.3 is 15.2 Å². The van der Waals surface area contributed by atoms with Crippen LogP contribution in [0.2, 0.25) is 0 Å². The van der Waals surface area contributed by atoms with E-state index < -0.39 is 0 Å². The fourth-order valence-corrected chi connectivity index (χ4v) is 1.90. The van der Waals surface area contributed by atoms with E-state index in [0.29, 0.717) is 13.2 Å². The van der Waals surface area contributed by atoms with Crippen molar-refractivity contribution in [1.82, 2.24) is 5.32 Å². The summed E-state index contributed by atoms with van der Waals surface area (Å²) in [5.41, 5.74) is 0.719. The topological polar surface area (TPSA) is 58.6 Å². The third-order valence-corrected chi connectivity index (χ3v) is 2.92. The van der Waals surface area contributed by atoms with Gasteiger partial charge in [-0.15, -0.1) is 0 Å². The Morgan fingerprint density at radius 1 is 1.41 bits per heavy atom. The van der Waals surface area contributed by atoms with E-state index in [1.54, 1.807) is 18.2 Å². The molecular weight excluding hydrogens is 218 g/mol. The summed E-state index contributed by atoms with van der Waals surface area (Å²) in [5.74, 6) is 0.116. The Morgan fingerprint density at radius 3 is 2.94 bits per heavy atom. The first-order chi connectivity index (χ1) is 8.27. The van der Waals surface area contributed by atoms with Crippen LogP contribution in [-0.4, -0.2) is 23.7 Å². The lowest BCUT2D eigenvalue weighted by Crippen LogP contribution is -2.37. The second-order valence-corrected chi connectivity index (χ2v) is 4.20. The van der Waals surface area contributed by atoms with Crippen molar-refractivity contribution >= 4 is 5.91 Å². The number of phenols is 1. The van der Waals surface area contributed by atoms with Crippen molar-refractivity contribution < 1.29 is 14.6 Å². The van der Waals surface area contributed by atoms with E-state index in [9.17, 15) is 9.90 Å². The van der Waals surface area contributed by atoms with Crippen LogP contribution in [0.5, 0.6) is 5.75 Å². The molecular formula is C13H17NO3. The van der Waals surface area contributed by atoms with Gasteiger partial charge >= 0.3 is 0 Å². The number of carbonyl (C=O) groups excluding carboxylic acids is 1. The molecule has 2 N–H and O–H groups in total. The molecule has 0 aromatic heterocycles. The third kappa shape index (κ3) is 3.20. The maximum Gasteiger partial charge on any atom is 0.249 e. The van der Waals surface area contributed by atoms with Crippen molar-refractivity contribution in [2.75, 3.05) is 6.61 Å². The summed E-state index contributed by atoms with van der Waals surface area (Å²) >= 11 is 0. The number of benzene rings is 1. The average Bonchev–Trinajstić information content (AvgIpc) is 2.38. The molecule has 17 heavy (non-hydrogen) atoms. The van der Waals surface area contributed by atoms with Crippen molar-refractivity contribution in [1.29, 1.82) is 0 Å². The molecule has 1 atom stereocenters. The number of amides is 1. The highest BCUT2D eigenvalue weighted by Gasteiger charge is 2.21. The molecule has 1 aromatic carbocycles. The highest BCUT2D eigenvalue weighted by atomic mass is 16.5. The lowest BCUT2D eigenvalue weighted by atomic mass is 10.1. The van der Waals surface area contributed by atoms with Gasteiger partial charge in [-0.2, -0.15) is 0 Å². The minimum absolute atomic E-state index is 0.0899. The van der Waals surface area contributed by atoms with Gasteiger partial charge in [-0.25, -0.2) is 0 Å². The minimum Gasteiger partial charge on any atom is -0.508 e. The summed E-state index contributed by atoms with van der Waals surface area (Å²) in [4.78, 5) is 11.8. The van der Waals surface area contributed by atoms with Crippen LogP contribution in [0.4, 0.5) is 0 Å². The zero-order valence-electron chi connectivity index (χ0n) is 9.69. The van der Waals surface area contributed by atoms with Gasteiger partial charge in [0.25, 0.3) is 0 Å². The SMILES string of the molecule is O=C(NCc1ccccc1O)C1CCCCO1. The second-order valence-electron chi connectivity index (χ2n) is 4.20. The fourth-order valence-electron chi connectivity index (χ4n) is 1.90. The molecule has 1 unspecified atom stereocenters. The van der Waals surface area contributed by atoms with Gasteiger partial charge in [0.15, 0.2) is 0 Å². The highest BCUT2D eigenvalue weighted by molar-refractivity contribution is 5.80. The molecule has 1 amide bonds. The molecule has 1 aliphatic rings. The minimum atomic E-state index is -0.324. The van der Waals surface area contributed by atoms with E-state index in [1.807, 2.05) is 6.07 Å². The summed E-state index contributed by atoms with van der Waals surface area (Å²) in [6.07, 6.45) is 2.53. The summed E-state index contributed by atoms with van der Waals surface area (Å²) < 4.78 is 5.38. The van der Waals surface area contributed by atoms with E-state index in [-0.39, 0.29) is 17.8 Å². The molecule has 92 valence electrons. The Balaban J connectivity index is 1.85. The van der Waals surface area contributed by atoms with Gasteiger partial charge in [0.05, 0.1) is 0 Å². The van der Waals surface area contributed by atoms with Crippen LogP contribution in [0, 0.1) is 0 Å². The van der Waals surface area contributed by atoms with Gasteiger partial charge in [0, 0.05) is 18.7 Å². The second kappa shape index (κ2) is 5.68. The molecule has 1 aliphatic heterocycles. The number of rotatable bonds is 3. The van der Waals surface area contributed by atoms with Crippen molar-refractivity contribution in [2.45, 2.75) is 31.9 Å². The molecule has 1 heterocycles. The maximum atomic E-state index is 11.8. The largest absolute Gasteiger partial charge is 0.508 e. The van der Waals surface area contributed by atoms with E-state index in [4.69, 9.17) is 4.74 Å². The van der Waals surface area contributed by atoms with Crippen molar-refractivity contribution in [3.63, 3.8) is 0 Å². The predicted octanol–water partition coefficient (Wildman–Crippen LogP) is 1.58. The van der Waals surface area contributed by atoms with Gasteiger partial charge in [0.1, 0.15) is 11.9 Å². The number of carbonyl (C=O) groups is 1. The summed E-state index contributed by atoms with van der Waals surface area (Å²) in [6.45, 7) is 1.00. The number of hydrogen-bond acceptors (Lipinski definition) is 3. The van der Waals surface area contributed by atoms with Crippen LogP contribution >= 0.6 is 0 Å². The number of ether oxygens (including phenoxy) is 1. The molecule has 1 fully saturated rings. The number of nitrogens with one attached hydrogen (secondary N) is 1. The Bertz CT molecular complexity index is 386. The standard InChI is InChI=1S/C13H17NO3/c15-11-6-2-1-5-10(11)9-14-13(16)12-7-3-4-8-17-12/h1-2,5-6,12,15H,3-4,7-9H2,(H,14,16). The van der Waals surface area contributed by atoms with E-state index in [0.717, 1.165) is 24.8 Å². The third-order valence-electron chi connectivity index (χ3n) is 2.92. The van der Waals surface area contributed by atoms with E-state index in [2.05, 4.69) is 5.32 Å². The van der Waals surface area contributed by atoms with Crippen LogP contribution in [0.15, 0.2) is 24.3 Å². The molecule has 2 rings (SSSR count). The van der Waals surface area contributed by atoms with Crippen LogP contribution in [0.3, 0.4) is 0 Å². The molecule has 0 radical (unpaired) electrons. The first kappa shape index (κ1) is 11.9. The molecule has 0 bridgehead atoms. The Kier molecular flexibility index (Phi) is 3.98. The van der Waals surface area contributed by atoms with Gasteiger partial charge in [-0.3, -0.25) is 4.79 Å². The zero-order valence-corrected chi connectivity index (χ0v) is 9.69. The number of hydrogen-bond donors (Lipinski definition) is 2. The molecule has 0 aliphatic carbocycles. The average molecular weight is 235 g/mol.